The maximum absolute atomic E-state index is 10.9. The van der Waals surface area contributed by atoms with Crippen molar-refractivity contribution in [1.29, 1.82) is 0 Å². The summed E-state index contributed by atoms with van der Waals surface area (Å²) >= 11 is 0. The van der Waals surface area contributed by atoms with Gasteiger partial charge in [-0.3, -0.25) is 0 Å². The van der Waals surface area contributed by atoms with Gasteiger partial charge in [-0.2, -0.15) is 0 Å². The lowest BCUT2D eigenvalue weighted by Gasteiger charge is -1.80. The Bertz CT molecular complexity index is 55.8. The molecule has 3 nitrogen and oxygen atoms in total. The van der Waals surface area contributed by atoms with Gasteiger partial charge in [-0.05, 0) is 0 Å². The number of halogens is 1. The van der Waals surface area contributed by atoms with Crippen LogP contribution < -0.4 is 11.5 Å². The lowest BCUT2D eigenvalue weighted by molar-refractivity contribution is 0.512. The summed E-state index contributed by atoms with van der Waals surface area (Å²) in [6.45, 7) is -0.831. The molecule has 0 rings (SSSR count). The summed E-state index contributed by atoms with van der Waals surface area (Å²) < 4.78 is 10.9. The van der Waals surface area contributed by atoms with E-state index in [2.05, 4.69) is 4.99 Å². The molecule has 6 heavy (non-hydrogen) atoms. The third-order valence-electron chi connectivity index (χ3n) is 0.242. The summed E-state index contributed by atoms with van der Waals surface area (Å²) in [4.78, 5) is 2.93. The minimum atomic E-state index is -0.831. The Labute approximate surface area is 34.8 Å². The Hall–Kier alpha value is -0.800. The van der Waals surface area contributed by atoms with Crippen LogP contribution in [-0.4, -0.2) is 12.8 Å². The first kappa shape index (κ1) is 5.20. The highest BCUT2D eigenvalue weighted by Crippen LogP contribution is 1.63. The molecule has 0 aliphatic carbocycles. The molecular weight excluding hydrogens is 84.0 g/mol. The molecule has 0 atom stereocenters. The van der Waals surface area contributed by atoms with E-state index in [0.717, 1.165) is 0 Å². The van der Waals surface area contributed by atoms with Crippen molar-refractivity contribution < 1.29 is 4.39 Å². The van der Waals surface area contributed by atoms with E-state index in [0.29, 0.717) is 0 Å². The average molecular weight is 90.1 g/mol. The number of nitrogens with two attached hydrogens (primary N) is 2. The minimum Gasteiger partial charge on any atom is -0.370 e. The van der Waals surface area contributed by atoms with E-state index in [1.807, 2.05) is 0 Å². The van der Waals surface area contributed by atoms with E-state index in [1.54, 1.807) is 0 Å². The monoisotopic (exact) mass is 90.1 g/mol. The van der Waals surface area contributed by atoms with E-state index in [1.165, 1.54) is 0 Å². The maximum atomic E-state index is 10.9. The molecule has 4 heteroatoms. The smallest absolute Gasteiger partial charge is 0.188 e. The van der Waals surface area contributed by atoms with Crippen LogP contribution >= 0.6 is 0 Å². The third-order valence-corrected chi connectivity index (χ3v) is 0.242. The number of aliphatic imine (C=N–C) groups is 1. The maximum Gasteiger partial charge on any atom is 0.188 e. The van der Waals surface area contributed by atoms with Crippen LogP contribution in [-0.2, 0) is 0 Å². The molecule has 0 amide bonds. The molecule has 0 aliphatic heterocycles. The lowest BCUT2D eigenvalue weighted by atomic mass is 11.0. The quantitative estimate of drug-likeness (QED) is 0.251. The topological polar surface area (TPSA) is 64.4 Å². The van der Waals surface area contributed by atoms with Crippen molar-refractivity contribution in [2.75, 3.05) is 6.80 Å². The molecule has 0 aromatic carbocycles. The van der Waals surface area contributed by atoms with Gasteiger partial charge in [-0.1, -0.05) is 0 Å². The zero-order valence-corrected chi connectivity index (χ0v) is 3.19. The Morgan fingerprint density at radius 2 is 2.17 bits per heavy atom. The van der Waals surface area contributed by atoms with E-state index in [-0.39, 0.29) is 5.96 Å². The van der Waals surface area contributed by atoms with Crippen LogP contribution in [0, 0.1) is 0 Å². The summed E-state index contributed by atoms with van der Waals surface area (Å²) in [6, 6.07) is 0. The second-order valence-electron chi connectivity index (χ2n) is 0.703. The first-order valence-corrected chi connectivity index (χ1v) is 1.38. The van der Waals surface area contributed by atoms with Gasteiger partial charge in [0.05, 0.1) is 0 Å². The Morgan fingerprint density at radius 3 is 2.17 bits per heavy atom. The molecule has 0 unspecified atom stereocenters. The summed E-state index contributed by atoms with van der Waals surface area (Å²) in [7, 11) is 0. The summed E-state index contributed by atoms with van der Waals surface area (Å²) in [5.41, 5.74) is 9.38. The molecule has 0 aromatic heterocycles. The van der Waals surface area contributed by atoms with Crippen LogP contribution in [0.4, 0.5) is 4.39 Å². The average Bonchev–Trinajstić information content (AvgIpc) is 1.35. The molecular formula is C2H6FN3. The van der Waals surface area contributed by atoms with Crippen molar-refractivity contribution in [2.45, 2.75) is 0 Å². The molecule has 0 bridgehead atoms. The fourth-order valence-electron chi connectivity index (χ4n) is 0.0690. The standard InChI is InChI=1S/C2H6FN3/c3-1-6-2(4)5/h1H2,(H4,4,5,6)/i3-1. The Kier molecular flexibility index (Phi) is 2.11. The normalized spacial score (nSPS) is 7.50. The Balaban J connectivity index is 3.14. The van der Waals surface area contributed by atoms with E-state index in [4.69, 9.17) is 11.5 Å². The van der Waals surface area contributed by atoms with Gasteiger partial charge in [-0.15, -0.1) is 0 Å². The number of alkyl halides is 1. The fourth-order valence-corrected chi connectivity index (χ4v) is 0.0690. The molecule has 0 aliphatic rings. The highest BCUT2D eigenvalue weighted by molar-refractivity contribution is 5.75. The van der Waals surface area contributed by atoms with E-state index >= 15 is 0 Å². The molecule has 0 fully saturated rings. The van der Waals surface area contributed by atoms with Gasteiger partial charge in [0, 0.05) is 0 Å². The third kappa shape index (κ3) is 3.20. The molecule has 4 N–H and O–H groups in total. The van der Waals surface area contributed by atoms with E-state index < -0.39 is 6.80 Å². The van der Waals surface area contributed by atoms with Crippen LogP contribution in [0.25, 0.3) is 0 Å². The van der Waals surface area contributed by atoms with E-state index in [9.17, 15) is 4.39 Å². The largest absolute Gasteiger partial charge is 0.370 e. The van der Waals surface area contributed by atoms with Crippen molar-refractivity contribution in [3.63, 3.8) is 0 Å². The summed E-state index contributed by atoms with van der Waals surface area (Å²) in [5.74, 6) is -0.211. The van der Waals surface area contributed by atoms with Crippen molar-refractivity contribution in [1.82, 2.24) is 0 Å². The second kappa shape index (κ2) is 2.44. The number of hydrogen-bond acceptors (Lipinski definition) is 1. The van der Waals surface area contributed by atoms with Crippen LogP contribution in [0.15, 0.2) is 4.99 Å². The van der Waals surface area contributed by atoms with Gasteiger partial charge in [0.1, 0.15) is 0 Å². The van der Waals surface area contributed by atoms with Crippen molar-refractivity contribution in [3.8, 4) is 0 Å². The lowest BCUT2D eigenvalue weighted by Crippen LogP contribution is -2.22. The zero-order valence-electron chi connectivity index (χ0n) is 3.19. The fraction of sp³-hybridized carbons (Fsp3) is 0.500. The SMILES string of the molecule is NC(N)=NC[18F]. The first-order chi connectivity index (χ1) is 2.77. The summed E-state index contributed by atoms with van der Waals surface area (Å²) in [6.07, 6.45) is 0. The highest BCUT2D eigenvalue weighted by atomic mass is 18.2. The van der Waals surface area contributed by atoms with Crippen LogP contribution in [0.1, 0.15) is 0 Å². The van der Waals surface area contributed by atoms with Crippen LogP contribution in [0.3, 0.4) is 0 Å². The predicted octanol–water partition coefficient (Wildman–Crippen LogP) is -0.813. The molecule has 0 radical (unpaired) electrons. The van der Waals surface area contributed by atoms with Gasteiger partial charge in [-0.25, -0.2) is 9.38 Å². The van der Waals surface area contributed by atoms with Gasteiger partial charge in [0.2, 0.25) is 0 Å². The highest BCUT2D eigenvalue weighted by Gasteiger charge is 1.70. The number of hydrogen-bond donors (Lipinski definition) is 2. The zero-order chi connectivity index (χ0) is 4.99. The molecule has 36 valence electrons. The van der Waals surface area contributed by atoms with Gasteiger partial charge < -0.3 is 11.5 Å². The van der Waals surface area contributed by atoms with Gasteiger partial charge >= 0.3 is 0 Å². The minimum absolute atomic E-state index is 0.211. The Morgan fingerprint density at radius 1 is 1.67 bits per heavy atom. The summed E-state index contributed by atoms with van der Waals surface area (Å²) in [5, 5.41) is 0. The number of guanidine groups is 1. The second-order valence-corrected chi connectivity index (χ2v) is 0.703. The molecule has 0 aromatic rings. The number of nitrogens with zero attached hydrogens (tertiary/aromatic N) is 1. The van der Waals surface area contributed by atoms with Crippen molar-refractivity contribution in [3.05, 3.63) is 0 Å². The van der Waals surface area contributed by atoms with Gasteiger partial charge in [0.15, 0.2) is 12.8 Å². The molecule has 0 saturated carbocycles. The molecule has 0 spiro atoms. The van der Waals surface area contributed by atoms with Crippen LogP contribution in [0.5, 0.6) is 0 Å². The van der Waals surface area contributed by atoms with Crippen molar-refractivity contribution in [2.24, 2.45) is 16.5 Å². The first-order valence-electron chi connectivity index (χ1n) is 1.38. The van der Waals surface area contributed by atoms with Crippen molar-refractivity contribution >= 4 is 5.96 Å². The van der Waals surface area contributed by atoms with Gasteiger partial charge in [0.25, 0.3) is 0 Å². The predicted molar refractivity (Wildman–Crippen MR) is 21.8 cm³/mol. The molecule has 0 saturated heterocycles. The number of rotatable bonds is 1. The molecule has 0 heterocycles. The van der Waals surface area contributed by atoms with Crippen LogP contribution in [0.2, 0.25) is 0 Å².